The van der Waals surface area contributed by atoms with Gasteiger partial charge in [-0.3, -0.25) is 9.59 Å². The van der Waals surface area contributed by atoms with Crippen LogP contribution in [0.1, 0.15) is 30.1 Å². The van der Waals surface area contributed by atoms with Gasteiger partial charge in [0.25, 0.3) is 5.91 Å². The summed E-state index contributed by atoms with van der Waals surface area (Å²) >= 11 is 7.45. The molecule has 4 nitrogen and oxygen atoms in total. The van der Waals surface area contributed by atoms with E-state index in [9.17, 15) is 9.59 Å². The van der Waals surface area contributed by atoms with E-state index in [-0.39, 0.29) is 23.1 Å². The van der Waals surface area contributed by atoms with Crippen LogP contribution in [0.2, 0.25) is 5.02 Å². The first-order valence-electron chi connectivity index (χ1n) is 9.10. The number of hydrogen-bond donors (Lipinski definition) is 1. The largest absolute Gasteiger partial charge is 0.349 e. The summed E-state index contributed by atoms with van der Waals surface area (Å²) in [5, 5.41) is 3.62. The van der Waals surface area contributed by atoms with Crippen molar-refractivity contribution < 1.29 is 9.59 Å². The highest BCUT2D eigenvalue weighted by atomic mass is 35.5. The lowest BCUT2D eigenvalue weighted by Crippen LogP contribution is -2.48. The molecule has 6 heteroatoms. The van der Waals surface area contributed by atoms with Gasteiger partial charge in [0.1, 0.15) is 0 Å². The zero-order valence-electron chi connectivity index (χ0n) is 15.2. The molecular formula is C21H23ClN2O2S. The van der Waals surface area contributed by atoms with Gasteiger partial charge in [-0.15, -0.1) is 11.8 Å². The van der Waals surface area contributed by atoms with Gasteiger partial charge in [-0.05, 0) is 56.2 Å². The Bertz CT molecular complexity index is 775. The Morgan fingerprint density at radius 1 is 1.07 bits per heavy atom. The SMILES string of the molecule is C[C@H](Sc1ccc(Cl)cc1)C(=O)N1CCC(NC(=O)c2ccccc2)CC1. The minimum absolute atomic E-state index is 0.0490. The minimum Gasteiger partial charge on any atom is -0.349 e. The van der Waals surface area contributed by atoms with Crippen molar-refractivity contribution in [3.63, 3.8) is 0 Å². The molecule has 1 heterocycles. The summed E-state index contributed by atoms with van der Waals surface area (Å²) in [6.07, 6.45) is 1.56. The molecular weight excluding hydrogens is 380 g/mol. The van der Waals surface area contributed by atoms with Crippen LogP contribution in [-0.2, 0) is 4.79 Å². The zero-order chi connectivity index (χ0) is 19.2. The summed E-state index contributed by atoms with van der Waals surface area (Å²) in [6, 6.07) is 16.9. The number of carbonyl (C=O) groups is 2. The number of piperidine rings is 1. The van der Waals surface area contributed by atoms with Crippen LogP contribution in [0.3, 0.4) is 0 Å². The second-order valence-electron chi connectivity index (χ2n) is 6.65. The van der Waals surface area contributed by atoms with E-state index < -0.39 is 0 Å². The van der Waals surface area contributed by atoms with E-state index >= 15 is 0 Å². The third-order valence-electron chi connectivity index (χ3n) is 4.65. The molecule has 1 saturated heterocycles. The molecule has 2 aromatic carbocycles. The van der Waals surface area contributed by atoms with Crippen molar-refractivity contribution in [3.8, 4) is 0 Å². The number of benzene rings is 2. The molecule has 0 unspecified atom stereocenters. The number of halogens is 1. The van der Waals surface area contributed by atoms with E-state index in [2.05, 4.69) is 5.32 Å². The van der Waals surface area contributed by atoms with Crippen molar-refractivity contribution in [3.05, 3.63) is 65.2 Å². The predicted octanol–water partition coefficient (Wildman–Crippen LogP) is 4.24. The molecule has 1 N–H and O–H groups in total. The van der Waals surface area contributed by atoms with Crippen molar-refractivity contribution in [2.24, 2.45) is 0 Å². The summed E-state index contributed by atoms with van der Waals surface area (Å²) in [7, 11) is 0. The first-order chi connectivity index (χ1) is 13.0. The third kappa shape index (κ3) is 5.50. The topological polar surface area (TPSA) is 49.4 Å². The van der Waals surface area contributed by atoms with E-state index in [1.54, 1.807) is 11.8 Å². The first-order valence-corrected chi connectivity index (χ1v) is 10.4. The molecule has 0 saturated carbocycles. The highest BCUT2D eigenvalue weighted by molar-refractivity contribution is 8.00. The summed E-state index contributed by atoms with van der Waals surface area (Å²) in [5.41, 5.74) is 0.670. The fourth-order valence-corrected chi connectivity index (χ4v) is 4.20. The van der Waals surface area contributed by atoms with Crippen molar-refractivity contribution in [1.82, 2.24) is 10.2 Å². The summed E-state index contributed by atoms with van der Waals surface area (Å²) < 4.78 is 0. The molecule has 0 radical (unpaired) electrons. The zero-order valence-corrected chi connectivity index (χ0v) is 16.8. The molecule has 0 aromatic heterocycles. The lowest BCUT2D eigenvalue weighted by atomic mass is 10.0. The van der Waals surface area contributed by atoms with Crippen LogP contribution in [0.25, 0.3) is 0 Å². The second-order valence-corrected chi connectivity index (χ2v) is 8.50. The van der Waals surface area contributed by atoms with Crippen LogP contribution in [0.5, 0.6) is 0 Å². The lowest BCUT2D eigenvalue weighted by molar-refractivity contribution is -0.131. The van der Waals surface area contributed by atoms with Crippen molar-refractivity contribution in [2.75, 3.05) is 13.1 Å². The fraction of sp³-hybridized carbons (Fsp3) is 0.333. The van der Waals surface area contributed by atoms with E-state index in [0.717, 1.165) is 17.7 Å². The van der Waals surface area contributed by atoms with Crippen LogP contribution < -0.4 is 5.32 Å². The van der Waals surface area contributed by atoms with Gasteiger partial charge in [0, 0.05) is 34.6 Å². The monoisotopic (exact) mass is 402 g/mol. The Morgan fingerprint density at radius 3 is 2.33 bits per heavy atom. The van der Waals surface area contributed by atoms with Gasteiger partial charge < -0.3 is 10.2 Å². The van der Waals surface area contributed by atoms with Crippen LogP contribution in [0.4, 0.5) is 0 Å². The van der Waals surface area contributed by atoms with Crippen LogP contribution in [0, 0.1) is 0 Å². The standard InChI is InChI=1S/C21H23ClN2O2S/c1-15(27-19-9-7-17(22)8-10-19)21(26)24-13-11-18(12-14-24)23-20(25)16-5-3-2-4-6-16/h2-10,15,18H,11-14H2,1H3,(H,23,25)/t15-/m0/s1. The van der Waals surface area contributed by atoms with Crippen molar-refractivity contribution in [1.29, 1.82) is 0 Å². The first kappa shape index (κ1) is 19.8. The van der Waals surface area contributed by atoms with Crippen molar-refractivity contribution in [2.45, 2.75) is 36.0 Å². The maximum absolute atomic E-state index is 12.7. The molecule has 27 heavy (non-hydrogen) atoms. The number of hydrogen-bond acceptors (Lipinski definition) is 3. The number of thioether (sulfide) groups is 1. The average Bonchev–Trinajstić information content (AvgIpc) is 2.70. The normalized spacial score (nSPS) is 16.0. The molecule has 142 valence electrons. The van der Waals surface area contributed by atoms with E-state index in [4.69, 9.17) is 11.6 Å². The quantitative estimate of drug-likeness (QED) is 0.761. The molecule has 1 aliphatic heterocycles. The van der Waals surface area contributed by atoms with E-state index in [1.165, 1.54) is 0 Å². The molecule has 1 atom stereocenters. The van der Waals surface area contributed by atoms with Crippen molar-refractivity contribution >= 4 is 35.2 Å². The predicted molar refractivity (Wildman–Crippen MR) is 110 cm³/mol. The molecule has 0 aliphatic carbocycles. The molecule has 0 bridgehead atoms. The van der Waals surface area contributed by atoms with E-state index in [1.807, 2.05) is 66.4 Å². The number of nitrogens with one attached hydrogen (secondary N) is 1. The third-order valence-corrected chi connectivity index (χ3v) is 6.00. The Kier molecular flexibility index (Phi) is 6.80. The Morgan fingerprint density at radius 2 is 1.70 bits per heavy atom. The van der Waals surface area contributed by atoms with Gasteiger partial charge in [-0.2, -0.15) is 0 Å². The number of likely N-dealkylation sites (tertiary alicyclic amines) is 1. The van der Waals surface area contributed by atoms with Crippen LogP contribution >= 0.6 is 23.4 Å². The van der Waals surface area contributed by atoms with Gasteiger partial charge in [0.05, 0.1) is 5.25 Å². The second kappa shape index (κ2) is 9.29. The number of rotatable bonds is 5. The lowest BCUT2D eigenvalue weighted by Gasteiger charge is -2.33. The van der Waals surface area contributed by atoms with Gasteiger partial charge >= 0.3 is 0 Å². The highest BCUT2D eigenvalue weighted by Crippen LogP contribution is 2.26. The average molecular weight is 403 g/mol. The Balaban J connectivity index is 1.47. The smallest absolute Gasteiger partial charge is 0.251 e. The fourth-order valence-electron chi connectivity index (χ4n) is 3.13. The number of amides is 2. The van der Waals surface area contributed by atoms with Crippen LogP contribution in [0.15, 0.2) is 59.5 Å². The molecule has 1 fully saturated rings. The Labute approximate surface area is 169 Å². The maximum atomic E-state index is 12.7. The summed E-state index contributed by atoms with van der Waals surface area (Å²) in [5.74, 6) is 0.0924. The van der Waals surface area contributed by atoms with Gasteiger partial charge in [0.2, 0.25) is 5.91 Å². The van der Waals surface area contributed by atoms with Gasteiger partial charge in [-0.25, -0.2) is 0 Å². The number of carbonyl (C=O) groups excluding carboxylic acids is 2. The molecule has 0 spiro atoms. The molecule has 2 amide bonds. The highest BCUT2D eigenvalue weighted by Gasteiger charge is 2.27. The minimum atomic E-state index is -0.151. The van der Waals surface area contributed by atoms with E-state index in [0.29, 0.717) is 23.7 Å². The van der Waals surface area contributed by atoms with Gasteiger partial charge in [0.15, 0.2) is 0 Å². The van der Waals surface area contributed by atoms with Crippen LogP contribution in [-0.4, -0.2) is 41.1 Å². The summed E-state index contributed by atoms with van der Waals surface area (Å²) in [6.45, 7) is 3.28. The molecule has 1 aliphatic rings. The Hall–Kier alpha value is -1.98. The number of nitrogens with zero attached hydrogens (tertiary/aromatic N) is 1. The van der Waals surface area contributed by atoms with Gasteiger partial charge in [-0.1, -0.05) is 29.8 Å². The maximum Gasteiger partial charge on any atom is 0.251 e. The summed E-state index contributed by atoms with van der Waals surface area (Å²) in [4.78, 5) is 27.9. The molecule has 2 aromatic rings. The molecule has 3 rings (SSSR count).